The van der Waals surface area contributed by atoms with E-state index in [0.717, 1.165) is 42.7 Å². The molecule has 1 saturated carbocycles. The molecule has 0 radical (unpaired) electrons. The summed E-state index contributed by atoms with van der Waals surface area (Å²) in [7, 11) is 0. The summed E-state index contributed by atoms with van der Waals surface area (Å²) >= 11 is 1.09. The molecule has 6 nitrogen and oxygen atoms in total. The van der Waals surface area contributed by atoms with Gasteiger partial charge in [-0.2, -0.15) is 8.73 Å². The average Bonchev–Trinajstić information content (AvgIpc) is 2.84. The van der Waals surface area contributed by atoms with Crippen molar-refractivity contribution >= 4 is 34.6 Å². The van der Waals surface area contributed by atoms with Gasteiger partial charge in [0.1, 0.15) is 16.9 Å². The Bertz CT molecular complexity index is 687. The third-order valence-electron chi connectivity index (χ3n) is 4.24. The van der Waals surface area contributed by atoms with E-state index >= 15 is 0 Å². The Balaban J connectivity index is 1.82. The SMILES string of the molecule is O=C(NC1(C(=O)O)CCCCCC1)c1ccc2c(c1)N=S=N2. The fourth-order valence-electron chi connectivity index (χ4n) is 2.94. The van der Waals surface area contributed by atoms with Gasteiger partial charge in [0.2, 0.25) is 0 Å². The van der Waals surface area contributed by atoms with Crippen LogP contribution in [0.5, 0.6) is 0 Å². The lowest BCUT2D eigenvalue weighted by Gasteiger charge is -2.29. The molecule has 0 unspecified atom stereocenters. The molecule has 1 aromatic carbocycles. The number of carbonyl (C=O) groups is 2. The maximum absolute atomic E-state index is 12.5. The number of fused-ring (bicyclic) bond motifs is 1. The molecule has 22 heavy (non-hydrogen) atoms. The summed E-state index contributed by atoms with van der Waals surface area (Å²) in [6.45, 7) is 0. The summed E-state index contributed by atoms with van der Waals surface area (Å²) in [6.07, 6.45) is 4.63. The van der Waals surface area contributed by atoms with Gasteiger partial charge in [-0.05, 0) is 31.0 Å². The highest BCUT2D eigenvalue weighted by Gasteiger charge is 2.40. The van der Waals surface area contributed by atoms with Gasteiger partial charge in [-0.1, -0.05) is 25.7 Å². The molecule has 0 atom stereocenters. The number of carboxylic acids is 1. The van der Waals surface area contributed by atoms with Gasteiger partial charge < -0.3 is 10.4 Å². The van der Waals surface area contributed by atoms with Gasteiger partial charge in [-0.25, -0.2) is 4.79 Å². The van der Waals surface area contributed by atoms with E-state index in [4.69, 9.17) is 0 Å². The molecular formula is C15H17N3O3S. The third kappa shape index (κ3) is 2.81. The standard InChI is InChI=1S/C15H17N3O3S/c19-13(10-5-6-11-12(9-10)18-22-17-11)16-15(14(20)21)7-3-1-2-4-8-15/h5-6,9H,1-4,7-8H2,(H,16,19)(H,20,21). The number of amides is 1. The van der Waals surface area contributed by atoms with E-state index in [0.29, 0.717) is 24.1 Å². The van der Waals surface area contributed by atoms with Gasteiger partial charge in [0, 0.05) is 5.56 Å². The van der Waals surface area contributed by atoms with Crippen LogP contribution in [0.2, 0.25) is 0 Å². The molecular weight excluding hydrogens is 302 g/mol. The van der Waals surface area contributed by atoms with Crippen molar-refractivity contribution in [1.82, 2.24) is 5.32 Å². The predicted octanol–water partition coefficient (Wildman–Crippen LogP) is 3.32. The van der Waals surface area contributed by atoms with E-state index in [-0.39, 0.29) is 5.91 Å². The summed E-state index contributed by atoms with van der Waals surface area (Å²) in [5.41, 5.74) is 0.667. The number of nitrogens with one attached hydrogen (secondary N) is 1. The van der Waals surface area contributed by atoms with Crippen LogP contribution < -0.4 is 5.32 Å². The van der Waals surface area contributed by atoms with Crippen molar-refractivity contribution in [2.75, 3.05) is 0 Å². The molecule has 1 aliphatic heterocycles. The fourth-order valence-corrected chi connectivity index (χ4v) is 3.45. The molecule has 1 aliphatic carbocycles. The van der Waals surface area contributed by atoms with E-state index in [1.807, 2.05) is 0 Å². The van der Waals surface area contributed by atoms with Crippen LogP contribution in [0.3, 0.4) is 0 Å². The largest absolute Gasteiger partial charge is 0.480 e. The fraction of sp³-hybridized carbons (Fsp3) is 0.467. The lowest BCUT2D eigenvalue weighted by Crippen LogP contribution is -2.54. The molecule has 2 N–H and O–H groups in total. The number of hydrogen-bond donors (Lipinski definition) is 2. The quantitative estimate of drug-likeness (QED) is 0.850. The molecule has 0 aromatic heterocycles. The second-order valence-corrected chi connectivity index (χ2v) is 6.25. The lowest BCUT2D eigenvalue weighted by molar-refractivity contribution is -0.145. The number of carbonyl (C=O) groups excluding carboxylic acids is 1. The smallest absolute Gasteiger partial charge is 0.329 e. The van der Waals surface area contributed by atoms with Crippen LogP contribution in [-0.2, 0) is 16.1 Å². The van der Waals surface area contributed by atoms with Gasteiger partial charge in [0.25, 0.3) is 5.91 Å². The number of hydrogen-bond acceptors (Lipinski definition) is 4. The average molecular weight is 319 g/mol. The van der Waals surface area contributed by atoms with Crippen LogP contribution in [0, 0.1) is 0 Å². The molecule has 3 rings (SSSR count). The summed E-state index contributed by atoms with van der Waals surface area (Å²) < 4.78 is 8.20. The van der Waals surface area contributed by atoms with Crippen LogP contribution >= 0.6 is 0 Å². The highest BCUT2D eigenvalue weighted by Crippen LogP contribution is 2.33. The van der Waals surface area contributed by atoms with Crippen molar-refractivity contribution in [3.05, 3.63) is 23.8 Å². The van der Waals surface area contributed by atoms with Crippen molar-refractivity contribution in [2.24, 2.45) is 8.73 Å². The number of nitrogens with zero attached hydrogens (tertiary/aromatic N) is 2. The van der Waals surface area contributed by atoms with Gasteiger partial charge in [-0.15, -0.1) is 0 Å². The van der Waals surface area contributed by atoms with Crippen molar-refractivity contribution in [1.29, 1.82) is 0 Å². The van der Waals surface area contributed by atoms with Crippen molar-refractivity contribution in [2.45, 2.75) is 44.1 Å². The van der Waals surface area contributed by atoms with Crippen LogP contribution in [0.15, 0.2) is 26.9 Å². The van der Waals surface area contributed by atoms with E-state index in [9.17, 15) is 14.7 Å². The number of aliphatic carboxylic acids is 1. The Hall–Kier alpha value is -2.02. The Labute approximate surface area is 131 Å². The van der Waals surface area contributed by atoms with Gasteiger partial charge >= 0.3 is 5.97 Å². The Morgan fingerprint density at radius 2 is 1.77 bits per heavy atom. The zero-order chi connectivity index (χ0) is 15.6. The van der Waals surface area contributed by atoms with E-state index in [2.05, 4.69) is 14.0 Å². The first-order chi connectivity index (χ1) is 10.6. The molecule has 0 bridgehead atoms. The minimum atomic E-state index is -1.15. The van der Waals surface area contributed by atoms with Gasteiger partial charge in [0.15, 0.2) is 0 Å². The second-order valence-electron chi connectivity index (χ2n) is 5.72. The number of rotatable bonds is 3. The van der Waals surface area contributed by atoms with Gasteiger partial charge in [0.05, 0.1) is 11.4 Å². The molecule has 0 spiro atoms. The maximum Gasteiger partial charge on any atom is 0.329 e. The van der Waals surface area contributed by atoms with Crippen molar-refractivity contribution in [3.63, 3.8) is 0 Å². The second kappa shape index (κ2) is 6.00. The van der Waals surface area contributed by atoms with Gasteiger partial charge in [-0.3, -0.25) is 4.79 Å². The molecule has 7 heteroatoms. The molecule has 1 amide bonds. The zero-order valence-corrected chi connectivity index (χ0v) is 12.9. The van der Waals surface area contributed by atoms with E-state index in [1.54, 1.807) is 18.2 Å². The molecule has 1 fully saturated rings. The van der Waals surface area contributed by atoms with E-state index < -0.39 is 11.5 Å². The maximum atomic E-state index is 12.5. The Kier molecular flexibility index (Phi) is 4.06. The third-order valence-corrected chi connectivity index (χ3v) is 4.79. The van der Waals surface area contributed by atoms with Crippen molar-refractivity contribution < 1.29 is 14.7 Å². The highest BCUT2D eigenvalue weighted by atomic mass is 32.1. The minimum Gasteiger partial charge on any atom is -0.480 e. The normalized spacial score (nSPS) is 18.9. The van der Waals surface area contributed by atoms with Crippen LogP contribution in [0.4, 0.5) is 11.4 Å². The lowest BCUT2D eigenvalue weighted by atomic mass is 9.89. The van der Waals surface area contributed by atoms with Crippen molar-refractivity contribution in [3.8, 4) is 0 Å². The first-order valence-corrected chi connectivity index (χ1v) is 8.12. The Morgan fingerprint density at radius 1 is 1.09 bits per heavy atom. The predicted molar refractivity (Wildman–Crippen MR) is 83.5 cm³/mol. The Morgan fingerprint density at radius 3 is 2.45 bits per heavy atom. The number of carboxylic acid groups (broad SMARTS) is 1. The topological polar surface area (TPSA) is 91.1 Å². The summed E-state index contributed by atoms with van der Waals surface area (Å²) in [5.74, 6) is -1.31. The zero-order valence-electron chi connectivity index (χ0n) is 12.0. The molecule has 1 heterocycles. The van der Waals surface area contributed by atoms with E-state index in [1.165, 1.54) is 0 Å². The van der Waals surface area contributed by atoms with Crippen LogP contribution in [-0.4, -0.2) is 22.5 Å². The van der Waals surface area contributed by atoms with Crippen LogP contribution in [0.25, 0.3) is 0 Å². The highest BCUT2D eigenvalue weighted by molar-refractivity contribution is 7.58. The summed E-state index contributed by atoms with van der Waals surface area (Å²) in [4.78, 5) is 24.2. The summed E-state index contributed by atoms with van der Waals surface area (Å²) in [6, 6.07) is 5.04. The first-order valence-electron chi connectivity index (χ1n) is 7.39. The molecule has 0 saturated heterocycles. The summed E-state index contributed by atoms with van der Waals surface area (Å²) in [5, 5.41) is 12.4. The minimum absolute atomic E-state index is 0.362. The molecule has 2 aliphatic rings. The molecule has 116 valence electrons. The van der Waals surface area contributed by atoms with Crippen LogP contribution in [0.1, 0.15) is 48.9 Å². The molecule has 1 aromatic rings. The first kappa shape index (κ1) is 14.9. The monoisotopic (exact) mass is 319 g/mol. The number of benzene rings is 1.